The SMILES string of the molecule is CC(C)C(C=N)=CC(N)=NC1=CC=C2NC=C(N3CC(NOSN(C)C)C3)C=C2N1.S. The van der Waals surface area contributed by atoms with Crippen molar-refractivity contribution >= 4 is 37.8 Å². The van der Waals surface area contributed by atoms with Gasteiger partial charge in [0.2, 0.25) is 0 Å². The number of likely N-dealkylation sites (tertiary alicyclic amines) is 1. The Labute approximate surface area is 195 Å². The topological polar surface area (TPSA) is 114 Å². The molecule has 31 heavy (non-hydrogen) atoms. The Morgan fingerprint density at radius 1 is 1.39 bits per heavy atom. The Bertz CT molecular complexity index is 851. The third-order valence-corrected chi connectivity index (χ3v) is 5.14. The molecule has 0 saturated carbocycles. The minimum Gasteiger partial charge on any atom is -0.384 e. The predicted molar refractivity (Wildman–Crippen MR) is 133 cm³/mol. The lowest BCUT2D eigenvalue weighted by molar-refractivity contribution is 0.0780. The van der Waals surface area contributed by atoms with Gasteiger partial charge in [-0.3, -0.25) is 0 Å². The Morgan fingerprint density at radius 2 is 2.13 bits per heavy atom. The van der Waals surface area contributed by atoms with Crippen LogP contribution in [0, 0.1) is 11.3 Å². The van der Waals surface area contributed by atoms with Gasteiger partial charge < -0.3 is 26.7 Å². The largest absolute Gasteiger partial charge is 0.384 e. The molecule has 11 heteroatoms. The highest BCUT2D eigenvalue weighted by molar-refractivity contribution is 7.92. The van der Waals surface area contributed by atoms with E-state index >= 15 is 0 Å². The van der Waals surface area contributed by atoms with Crippen molar-refractivity contribution in [3.8, 4) is 0 Å². The Kier molecular flexibility index (Phi) is 9.26. The van der Waals surface area contributed by atoms with Crippen LogP contribution in [0.1, 0.15) is 13.8 Å². The highest BCUT2D eigenvalue weighted by atomic mass is 32.2. The van der Waals surface area contributed by atoms with E-state index in [1.54, 1.807) is 6.08 Å². The molecule has 1 fully saturated rings. The summed E-state index contributed by atoms with van der Waals surface area (Å²) in [7, 11) is 3.86. The number of hydrogen-bond acceptors (Lipinski definition) is 9. The lowest BCUT2D eigenvalue weighted by Gasteiger charge is -2.42. The minimum atomic E-state index is 0. The van der Waals surface area contributed by atoms with Crippen LogP contribution in [0.25, 0.3) is 0 Å². The number of aliphatic imine (C=N–C) groups is 1. The molecule has 170 valence electrons. The smallest absolute Gasteiger partial charge is 0.132 e. The molecular weight excluding hydrogens is 432 g/mol. The summed E-state index contributed by atoms with van der Waals surface area (Å²) in [5, 5.41) is 14.1. The molecule has 3 aliphatic rings. The molecule has 0 spiro atoms. The Balaban J connectivity index is 0.00000341. The molecule has 6 N–H and O–H groups in total. The first-order chi connectivity index (χ1) is 14.4. The third-order valence-electron chi connectivity index (χ3n) is 4.67. The quantitative estimate of drug-likeness (QED) is 0.115. The Hall–Kier alpha value is -2.18. The molecule has 3 heterocycles. The minimum absolute atomic E-state index is 0. The number of hydroxylamine groups is 1. The average Bonchev–Trinajstić information content (AvgIpc) is 2.66. The van der Waals surface area contributed by atoms with E-state index in [2.05, 4.69) is 32.1 Å². The molecule has 0 aromatic heterocycles. The highest BCUT2D eigenvalue weighted by Gasteiger charge is 2.29. The fourth-order valence-corrected chi connectivity index (χ4v) is 3.30. The van der Waals surface area contributed by atoms with Crippen LogP contribution >= 0.6 is 25.7 Å². The number of allylic oxidation sites excluding steroid dienone is 4. The zero-order chi connectivity index (χ0) is 21.7. The lowest BCUT2D eigenvalue weighted by atomic mass is 10.0. The fraction of sp³-hybridized carbons (Fsp3) is 0.400. The van der Waals surface area contributed by atoms with Crippen LogP contribution in [0.5, 0.6) is 0 Å². The molecule has 0 unspecified atom stereocenters. The molecule has 3 rings (SSSR count). The first kappa shape index (κ1) is 25.1. The van der Waals surface area contributed by atoms with E-state index in [1.807, 2.05) is 50.6 Å². The maximum atomic E-state index is 7.49. The highest BCUT2D eigenvalue weighted by Crippen LogP contribution is 2.24. The van der Waals surface area contributed by atoms with Gasteiger partial charge in [-0.25, -0.2) is 13.6 Å². The normalized spacial score (nSPS) is 19.2. The van der Waals surface area contributed by atoms with Crippen LogP contribution < -0.4 is 21.8 Å². The first-order valence-electron chi connectivity index (χ1n) is 9.81. The standard InChI is InChI=1S/C20H30N8OS.H2S/c1-13(2)14(9-21)7-19(22)25-20-6-5-17-18(24-20)8-16(10-23-17)28-11-15(12-28)26-29-30-27(3)4;/h5-10,13,15,21,23-24,26H,11-12H2,1-4H3,(H2,22,25);1H2. The molecule has 9 nitrogen and oxygen atoms in total. The van der Waals surface area contributed by atoms with Crippen molar-refractivity contribution in [1.29, 1.82) is 5.41 Å². The van der Waals surface area contributed by atoms with Crippen molar-refractivity contribution in [2.75, 3.05) is 27.2 Å². The average molecular weight is 465 g/mol. The van der Waals surface area contributed by atoms with E-state index in [4.69, 9.17) is 15.4 Å². The molecule has 0 aromatic rings. The van der Waals surface area contributed by atoms with E-state index < -0.39 is 0 Å². The second-order valence-electron chi connectivity index (χ2n) is 7.70. The molecule has 3 aliphatic heterocycles. The summed E-state index contributed by atoms with van der Waals surface area (Å²) in [6.07, 6.45) is 11.0. The van der Waals surface area contributed by atoms with Gasteiger partial charge in [-0.2, -0.15) is 19.0 Å². The summed E-state index contributed by atoms with van der Waals surface area (Å²) >= 11 is 1.27. The first-order valence-corrected chi connectivity index (χ1v) is 10.5. The number of rotatable bonds is 9. The van der Waals surface area contributed by atoms with Gasteiger partial charge in [0, 0.05) is 25.5 Å². The van der Waals surface area contributed by atoms with Crippen LogP contribution in [0.15, 0.2) is 64.0 Å². The number of nitrogens with one attached hydrogen (secondary N) is 4. The van der Waals surface area contributed by atoms with Gasteiger partial charge in [0.25, 0.3) is 0 Å². The second-order valence-corrected chi connectivity index (χ2v) is 8.74. The number of hydrogen-bond donors (Lipinski definition) is 5. The summed E-state index contributed by atoms with van der Waals surface area (Å²) < 4.78 is 7.25. The molecule has 1 saturated heterocycles. The number of fused-ring (bicyclic) bond motifs is 1. The number of dihydropyridines is 2. The monoisotopic (exact) mass is 464 g/mol. The molecule has 0 atom stereocenters. The molecular formula is C20H32N8OS2. The Morgan fingerprint density at radius 3 is 2.77 bits per heavy atom. The number of nitrogens with zero attached hydrogens (tertiary/aromatic N) is 3. The predicted octanol–water partition coefficient (Wildman–Crippen LogP) is 1.68. The van der Waals surface area contributed by atoms with Gasteiger partial charge in [0.1, 0.15) is 23.9 Å². The van der Waals surface area contributed by atoms with Gasteiger partial charge in [-0.05, 0) is 49.9 Å². The van der Waals surface area contributed by atoms with Crippen LogP contribution in [0.3, 0.4) is 0 Å². The van der Waals surface area contributed by atoms with Gasteiger partial charge in [-0.1, -0.05) is 13.8 Å². The maximum absolute atomic E-state index is 7.49. The van der Waals surface area contributed by atoms with Crippen LogP contribution in [-0.4, -0.2) is 54.5 Å². The van der Waals surface area contributed by atoms with Crippen molar-refractivity contribution < 1.29 is 4.28 Å². The van der Waals surface area contributed by atoms with Crippen LogP contribution in [-0.2, 0) is 4.28 Å². The summed E-state index contributed by atoms with van der Waals surface area (Å²) in [5.41, 5.74) is 13.0. The molecule has 0 radical (unpaired) electrons. The van der Waals surface area contributed by atoms with E-state index in [1.165, 1.54) is 18.4 Å². The van der Waals surface area contributed by atoms with Gasteiger partial charge >= 0.3 is 0 Å². The van der Waals surface area contributed by atoms with E-state index in [9.17, 15) is 0 Å². The summed E-state index contributed by atoms with van der Waals surface area (Å²) in [6, 6.07) is 0.295. The molecule has 0 aromatic carbocycles. The van der Waals surface area contributed by atoms with Gasteiger partial charge in [0.15, 0.2) is 0 Å². The van der Waals surface area contributed by atoms with Crippen molar-refractivity contribution in [2.24, 2.45) is 16.6 Å². The summed E-state index contributed by atoms with van der Waals surface area (Å²) in [5.74, 6) is 1.24. The number of nitrogens with two attached hydrogens (primary N) is 1. The molecule has 0 bridgehead atoms. The van der Waals surface area contributed by atoms with E-state index in [-0.39, 0.29) is 19.4 Å². The zero-order valence-electron chi connectivity index (χ0n) is 18.3. The number of amidine groups is 1. The summed E-state index contributed by atoms with van der Waals surface area (Å²) in [4.78, 5) is 6.71. The molecule has 0 aliphatic carbocycles. The fourth-order valence-electron chi connectivity index (χ4n) is 2.97. The van der Waals surface area contributed by atoms with Gasteiger partial charge in [-0.15, -0.1) is 0 Å². The lowest BCUT2D eigenvalue weighted by Crippen LogP contribution is -2.57. The van der Waals surface area contributed by atoms with Crippen LogP contribution in [0.2, 0.25) is 0 Å². The third kappa shape index (κ3) is 6.91. The van der Waals surface area contributed by atoms with E-state index in [0.29, 0.717) is 17.7 Å². The van der Waals surface area contributed by atoms with Crippen molar-refractivity contribution in [2.45, 2.75) is 19.9 Å². The second kappa shape index (κ2) is 11.4. The van der Waals surface area contributed by atoms with Crippen molar-refractivity contribution in [3.63, 3.8) is 0 Å². The molecule has 0 amide bonds. The maximum Gasteiger partial charge on any atom is 0.132 e. The zero-order valence-corrected chi connectivity index (χ0v) is 20.1. The van der Waals surface area contributed by atoms with Crippen LogP contribution in [0.4, 0.5) is 0 Å². The van der Waals surface area contributed by atoms with Crippen molar-refractivity contribution in [1.82, 2.24) is 25.3 Å². The van der Waals surface area contributed by atoms with E-state index in [0.717, 1.165) is 35.8 Å². The van der Waals surface area contributed by atoms with Gasteiger partial charge in [0.05, 0.1) is 23.1 Å². The van der Waals surface area contributed by atoms with Crippen molar-refractivity contribution in [3.05, 3.63) is 59.0 Å². The summed E-state index contributed by atoms with van der Waals surface area (Å²) in [6.45, 7) is 5.77.